The Morgan fingerprint density at radius 1 is 0.933 bits per heavy atom. The largest absolute Gasteiger partial charge is 0.507 e. The molecule has 3 aromatic carbocycles. The number of methoxy groups -OCH3 is 1. The first-order valence-corrected chi connectivity index (χ1v) is 9.05. The van der Waals surface area contributed by atoms with Crippen LogP contribution in [-0.4, -0.2) is 22.4 Å². The van der Waals surface area contributed by atoms with Crippen LogP contribution in [0.5, 0.6) is 28.7 Å². The summed E-state index contributed by atoms with van der Waals surface area (Å²) in [4.78, 5) is 12.6. The second-order valence-electron chi connectivity index (χ2n) is 6.59. The molecule has 4 aromatic rings. The predicted molar refractivity (Wildman–Crippen MR) is 110 cm³/mol. The normalized spacial score (nSPS) is 10.8. The third-order valence-electron chi connectivity index (χ3n) is 4.62. The second kappa shape index (κ2) is 7.71. The Balaban J connectivity index is 1.72. The van der Waals surface area contributed by atoms with E-state index in [0.29, 0.717) is 0 Å². The Bertz CT molecular complexity index is 1280. The minimum atomic E-state index is -0.796. The molecule has 0 aliphatic carbocycles. The molecule has 0 bridgehead atoms. The van der Waals surface area contributed by atoms with Crippen LogP contribution in [0, 0.1) is 0 Å². The molecule has 0 aliphatic rings. The van der Waals surface area contributed by atoms with Gasteiger partial charge < -0.3 is 29.2 Å². The van der Waals surface area contributed by atoms with E-state index in [9.17, 15) is 20.1 Å². The molecule has 7 heteroatoms. The van der Waals surface area contributed by atoms with Gasteiger partial charge in [0.2, 0.25) is 11.2 Å². The lowest BCUT2D eigenvalue weighted by atomic mass is 10.1. The molecule has 0 fully saturated rings. The lowest BCUT2D eigenvalue weighted by molar-refractivity contribution is 0.289. The molecule has 0 spiro atoms. The van der Waals surface area contributed by atoms with Crippen molar-refractivity contribution in [3.05, 3.63) is 76.5 Å². The molecule has 0 radical (unpaired) electrons. The number of hydrogen-bond acceptors (Lipinski definition) is 7. The van der Waals surface area contributed by atoms with Gasteiger partial charge in [-0.2, -0.15) is 0 Å². The predicted octanol–water partition coefficient (Wildman–Crippen LogP) is 4.16. The first-order chi connectivity index (χ1) is 14.5. The van der Waals surface area contributed by atoms with Gasteiger partial charge in [0.25, 0.3) is 0 Å². The van der Waals surface area contributed by atoms with E-state index in [2.05, 4.69) is 0 Å². The van der Waals surface area contributed by atoms with Crippen molar-refractivity contribution in [1.82, 2.24) is 0 Å². The second-order valence-corrected chi connectivity index (χ2v) is 6.59. The number of rotatable bonds is 5. The lowest BCUT2D eigenvalue weighted by Gasteiger charge is -2.11. The van der Waals surface area contributed by atoms with Gasteiger partial charge in [-0.1, -0.05) is 30.3 Å². The summed E-state index contributed by atoms with van der Waals surface area (Å²) in [5.74, 6) is -0.853. The molecule has 0 amide bonds. The fourth-order valence-electron chi connectivity index (χ4n) is 3.09. The van der Waals surface area contributed by atoms with Crippen molar-refractivity contribution in [3.63, 3.8) is 0 Å². The average molecular weight is 406 g/mol. The maximum Gasteiger partial charge on any atom is 0.238 e. The molecule has 4 rings (SSSR count). The van der Waals surface area contributed by atoms with E-state index in [-0.39, 0.29) is 51.9 Å². The summed E-state index contributed by atoms with van der Waals surface area (Å²) in [5.41, 5.74) is 0.440. The highest BCUT2D eigenvalue weighted by molar-refractivity contribution is 5.88. The summed E-state index contributed by atoms with van der Waals surface area (Å²) in [6.45, 7) is 0.267. The van der Waals surface area contributed by atoms with Gasteiger partial charge in [0.05, 0.1) is 7.11 Å². The molecule has 3 N–H and O–H groups in total. The molecule has 0 aliphatic heterocycles. The molecule has 1 aromatic heterocycles. The monoisotopic (exact) mass is 406 g/mol. The number of fused-ring (bicyclic) bond motifs is 1. The van der Waals surface area contributed by atoms with Crippen molar-refractivity contribution < 1.29 is 29.2 Å². The van der Waals surface area contributed by atoms with Crippen molar-refractivity contribution in [2.24, 2.45) is 0 Å². The number of ether oxygens (including phenoxy) is 2. The van der Waals surface area contributed by atoms with E-state index in [1.165, 1.54) is 31.4 Å². The highest BCUT2D eigenvalue weighted by Crippen LogP contribution is 2.38. The summed E-state index contributed by atoms with van der Waals surface area (Å²) in [5, 5.41) is 30.6. The molecule has 0 saturated heterocycles. The van der Waals surface area contributed by atoms with Gasteiger partial charge in [-0.3, -0.25) is 4.79 Å². The van der Waals surface area contributed by atoms with Gasteiger partial charge in [-0.25, -0.2) is 0 Å². The third kappa shape index (κ3) is 3.48. The van der Waals surface area contributed by atoms with Crippen LogP contribution in [0.3, 0.4) is 0 Å². The molecule has 1 heterocycles. The molecule has 0 saturated carbocycles. The minimum Gasteiger partial charge on any atom is -0.507 e. The Hall–Kier alpha value is -4.13. The molecular formula is C23H18O7. The number of phenolic OH excluding ortho intramolecular Hbond substituents is 2. The Morgan fingerprint density at radius 3 is 2.40 bits per heavy atom. The van der Waals surface area contributed by atoms with E-state index in [1.807, 2.05) is 30.3 Å². The number of aromatic hydroxyl groups is 3. The standard InChI is InChI=1S/C23H18O7/c1-28-15-10-17(25)20-19(11-15)30-23(22(27)21(20)26)14-7-8-18(16(24)9-14)29-12-13-5-3-2-4-6-13/h2-11,24-25,27H,12H2,1H3. The topological polar surface area (TPSA) is 109 Å². The van der Waals surface area contributed by atoms with E-state index < -0.39 is 11.2 Å². The number of benzene rings is 3. The quantitative estimate of drug-likeness (QED) is 0.456. The van der Waals surface area contributed by atoms with Crippen molar-refractivity contribution in [2.75, 3.05) is 7.11 Å². The maximum absolute atomic E-state index is 12.6. The summed E-state index contributed by atoms with van der Waals surface area (Å²) >= 11 is 0. The molecular weight excluding hydrogens is 388 g/mol. The van der Waals surface area contributed by atoms with Gasteiger partial charge in [-0.05, 0) is 23.8 Å². The lowest BCUT2D eigenvalue weighted by Crippen LogP contribution is -2.03. The Morgan fingerprint density at radius 2 is 1.70 bits per heavy atom. The minimum absolute atomic E-state index is 0.0357. The van der Waals surface area contributed by atoms with E-state index in [1.54, 1.807) is 6.07 Å². The van der Waals surface area contributed by atoms with E-state index in [4.69, 9.17) is 13.9 Å². The van der Waals surface area contributed by atoms with Crippen LogP contribution >= 0.6 is 0 Å². The molecule has 152 valence electrons. The number of phenols is 2. The maximum atomic E-state index is 12.6. The average Bonchev–Trinajstić information content (AvgIpc) is 2.75. The molecule has 7 nitrogen and oxygen atoms in total. The van der Waals surface area contributed by atoms with Gasteiger partial charge in [0, 0.05) is 17.7 Å². The number of hydrogen-bond donors (Lipinski definition) is 3. The third-order valence-corrected chi connectivity index (χ3v) is 4.62. The van der Waals surface area contributed by atoms with Crippen molar-refractivity contribution in [3.8, 4) is 40.1 Å². The van der Waals surface area contributed by atoms with Gasteiger partial charge >= 0.3 is 0 Å². The van der Waals surface area contributed by atoms with Crippen LogP contribution in [-0.2, 0) is 6.61 Å². The summed E-state index contributed by atoms with van der Waals surface area (Å²) in [6, 6.07) is 16.5. The molecule has 0 atom stereocenters. The molecule has 0 unspecified atom stereocenters. The Labute approximate surface area is 171 Å². The van der Waals surface area contributed by atoms with Gasteiger partial charge in [-0.15, -0.1) is 0 Å². The van der Waals surface area contributed by atoms with Crippen LogP contribution < -0.4 is 14.9 Å². The van der Waals surface area contributed by atoms with E-state index >= 15 is 0 Å². The first kappa shape index (κ1) is 19.2. The highest BCUT2D eigenvalue weighted by atomic mass is 16.5. The fourth-order valence-corrected chi connectivity index (χ4v) is 3.09. The zero-order valence-electron chi connectivity index (χ0n) is 16.0. The van der Waals surface area contributed by atoms with Crippen molar-refractivity contribution in [2.45, 2.75) is 6.61 Å². The fraction of sp³-hybridized carbons (Fsp3) is 0.0870. The van der Waals surface area contributed by atoms with Crippen LogP contribution in [0.4, 0.5) is 0 Å². The van der Waals surface area contributed by atoms with Gasteiger partial charge in [0.1, 0.15) is 29.1 Å². The van der Waals surface area contributed by atoms with Crippen molar-refractivity contribution in [1.29, 1.82) is 0 Å². The first-order valence-electron chi connectivity index (χ1n) is 9.05. The van der Waals surface area contributed by atoms with E-state index in [0.717, 1.165) is 5.56 Å². The summed E-state index contributed by atoms with van der Waals surface area (Å²) in [6.07, 6.45) is 0. The summed E-state index contributed by atoms with van der Waals surface area (Å²) < 4.78 is 16.4. The molecule has 30 heavy (non-hydrogen) atoms. The smallest absolute Gasteiger partial charge is 0.238 e. The van der Waals surface area contributed by atoms with Crippen LogP contribution in [0.2, 0.25) is 0 Å². The Kier molecular flexibility index (Phi) is 4.93. The zero-order chi connectivity index (χ0) is 21.3. The van der Waals surface area contributed by atoms with Crippen molar-refractivity contribution >= 4 is 11.0 Å². The SMILES string of the molecule is COc1cc(O)c2c(=O)c(O)c(-c3ccc(OCc4ccccc4)c(O)c3)oc2c1. The summed E-state index contributed by atoms with van der Waals surface area (Å²) in [7, 11) is 1.41. The highest BCUT2D eigenvalue weighted by Gasteiger charge is 2.20. The zero-order valence-corrected chi connectivity index (χ0v) is 16.0. The van der Waals surface area contributed by atoms with Crippen LogP contribution in [0.15, 0.2) is 69.9 Å². The van der Waals surface area contributed by atoms with Crippen LogP contribution in [0.1, 0.15) is 5.56 Å². The van der Waals surface area contributed by atoms with Gasteiger partial charge in [0.15, 0.2) is 17.3 Å². The van der Waals surface area contributed by atoms with Crippen LogP contribution in [0.25, 0.3) is 22.3 Å².